The Morgan fingerprint density at radius 3 is 2.18 bits per heavy atom. The predicted molar refractivity (Wildman–Crippen MR) is 134 cm³/mol. The number of nitrogens with one attached hydrogen (secondary N) is 1. The molecule has 3 aromatic carbocycles. The molecule has 0 unspecified atom stereocenters. The molecule has 1 amide bonds. The summed E-state index contributed by atoms with van der Waals surface area (Å²) in [5.41, 5.74) is 1.85. The Hall–Kier alpha value is -3.00. The van der Waals surface area contributed by atoms with Crippen molar-refractivity contribution in [2.45, 2.75) is 6.54 Å². The second-order valence-electron chi connectivity index (χ2n) is 7.09. The van der Waals surface area contributed by atoms with E-state index in [2.05, 4.69) is 11.9 Å². The third kappa shape index (κ3) is 6.51. The summed E-state index contributed by atoms with van der Waals surface area (Å²) in [6.45, 7) is 3.95. The molecule has 0 spiro atoms. The van der Waals surface area contributed by atoms with E-state index in [1.807, 2.05) is 0 Å². The van der Waals surface area contributed by atoms with E-state index in [1.54, 1.807) is 72.8 Å². The summed E-state index contributed by atoms with van der Waals surface area (Å²) in [6.07, 6.45) is 2.74. The summed E-state index contributed by atoms with van der Waals surface area (Å²) in [6, 6.07) is 18.2. The van der Waals surface area contributed by atoms with E-state index in [0.29, 0.717) is 44.9 Å². The molecule has 0 saturated heterocycles. The summed E-state index contributed by atoms with van der Waals surface area (Å²) in [5, 5.41) is 3.53. The number of hydrogen-bond acceptors (Lipinski definition) is 4. The molecule has 3 rings (SSSR count). The van der Waals surface area contributed by atoms with Gasteiger partial charge in [-0.2, -0.15) is 0 Å². The van der Waals surface area contributed by atoms with Gasteiger partial charge in [0.05, 0.1) is 18.5 Å². The summed E-state index contributed by atoms with van der Waals surface area (Å²) >= 11 is 12.4. The first-order valence-corrected chi connectivity index (χ1v) is 12.4. The van der Waals surface area contributed by atoms with Crippen molar-refractivity contribution in [3.63, 3.8) is 0 Å². The van der Waals surface area contributed by atoms with Gasteiger partial charge in [0.1, 0.15) is 12.4 Å². The van der Waals surface area contributed by atoms with E-state index in [4.69, 9.17) is 27.9 Å². The highest BCUT2D eigenvalue weighted by atomic mass is 35.5. The van der Waals surface area contributed by atoms with Gasteiger partial charge in [0.15, 0.2) is 0 Å². The lowest BCUT2D eigenvalue weighted by Gasteiger charge is -2.23. The average Bonchev–Trinajstić information content (AvgIpc) is 2.78. The molecule has 1 N–H and O–H groups in total. The van der Waals surface area contributed by atoms with E-state index >= 15 is 0 Å². The zero-order valence-electron chi connectivity index (χ0n) is 17.8. The van der Waals surface area contributed by atoms with Gasteiger partial charge < -0.3 is 10.1 Å². The van der Waals surface area contributed by atoms with Gasteiger partial charge in [0, 0.05) is 26.9 Å². The Morgan fingerprint density at radius 2 is 1.64 bits per heavy atom. The SMILES string of the molecule is C=CCOc1ccc(NC(=O)c2ccc(N(Cc3c(Cl)cccc3Cl)S(C)(=O)=O)cc2)cc1. The number of carbonyl (C=O) groups excluding carboxylic acids is 1. The number of amides is 1. The van der Waals surface area contributed by atoms with Crippen LogP contribution in [0, 0.1) is 0 Å². The molecule has 172 valence electrons. The largest absolute Gasteiger partial charge is 0.490 e. The van der Waals surface area contributed by atoms with Gasteiger partial charge in [-0.15, -0.1) is 0 Å². The molecule has 0 saturated carbocycles. The quantitative estimate of drug-likeness (QED) is 0.375. The molecule has 3 aromatic rings. The van der Waals surface area contributed by atoms with Crippen LogP contribution >= 0.6 is 23.2 Å². The third-order valence-electron chi connectivity index (χ3n) is 4.66. The van der Waals surface area contributed by atoms with Crippen LogP contribution in [0.2, 0.25) is 10.0 Å². The highest BCUT2D eigenvalue weighted by molar-refractivity contribution is 7.92. The van der Waals surface area contributed by atoms with Crippen molar-refractivity contribution >= 4 is 50.5 Å². The van der Waals surface area contributed by atoms with E-state index in [9.17, 15) is 13.2 Å². The summed E-state index contributed by atoms with van der Waals surface area (Å²) in [4.78, 5) is 12.6. The molecule has 0 heterocycles. The van der Waals surface area contributed by atoms with Crippen molar-refractivity contribution in [2.75, 3.05) is 22.5 Å². The second kappa shape index (κ2) is 10.7. The van der Waals surface area contributed by atoms with E-state index < -0.39 is 10.0 Å². The number of benzene rings is 3. The maximum absolute atomic E-state index is 12.6. The number of hydrogen-bond donors (Lipinski definition) is 1. The molecule has 0 aliphatic rings. The van der Waals surface area contributed by atoms with Crippen LogP contribution in [0.3, 0.4) is 0 Å². The minimum Gasteiger partial charge on any atom is -0.490 e. The Morgan fingerprint density at radius 1 is 1.03 bits per heavy atom. The van der Waals surface area contributed by atoms with Crippen molar-refractivity contribution in [2.24, 2.45) is 0 Å². The number of carbonyl (C=O) groups is 1. The molecular weight excluding hydrogens is 483 g/mol. The monoisotopic (exact) mass is 504 g/mol. The number of halogens is 2. The summed E-state index contributed by atoms with van der Waals surface area (Å²) in [7, 11) is -3.64. The van der Waals surface area contributed by atoms with Crippen LogP contribution < -0.4 is 14.4 Å². The van der Waals surface area contributed by atoms with Gasteiger partial charge in [0.25, 0.3) is 5.91 Å². The van der Waals surface area contributed by atoms with Gasteiger partial charge in [-0.05, 0) is 60.7 Å². The zero-order chi connectivity index (χ0) is 24.0. The first-order chi connectivity index (χ1) is 15.7. The standard InChI is InChI=1S/C24H22Cl2N2O4S/c1-3-15-32-20-13-9-18(10-14-20)27-24(29)17-7-11-19(12-8-17)28(33(2,30)31)16-21-22(25)5-4-6-23(21)26/h3-14H,1,15-16H2,2H3,(H,27,29). The van der Waals surface area contributed by atoms with Crippen LogP contribution in [0.1, 0.15) is 15.9 Å². The first kappa shape index (κ1) is 24.6. The second-order valence-corrected chi connectivity index (χ2v) is 9.82. The fourth-order valence-electron chi connectivity index (χ4n) is 3.00. The molecule has 0 bridgehead atoms. The van der Waals surface area contributed by atoms with E-state index in [-0.39, 0.29) is 12.5 Å². The fraction of sp³-hybridized carbons (Fsp3) is 0.125. The predicted octanol–water partition coefficient (Wildman–Crippen LogP) is 5.78. The molecular formula is C24H22Cl2N2O4S. The van der Waals surface area contributed by atoms with Crippen LogP contribution in [0.4, 0.5) is 11.4 Å². The maximum atomic E-state index is 12.6. The highest BCUT2D eigenvalue weighted by Gasteiger charge is 2.21. The minimum atomic E-state index is -3.64. The van der Waals surface area contributed by atoms with E-state index in [1.165, 1.54) is 4.31 Å². The number of rotatable bonds is 9. The number of ether oxygens (including phenoxy) is 1. The Balaban J connectivity index is 1.76. The lowest BCUT2D eigenvalue weighted by atomic mass is 10.1. The van der Waals surface area contributed by atoms with Gasteiger partial charge in [0.2, 0.25) is 10.0 Å². The van der Waals surface area contributed by atoms with Crippen LogP contribution in [0.25, 0.3) is 0 Å². The van der Waals surface area contributed by atoms with Crippen LogP contribution in [-0.2, 0) is 16.6 Å². The molecule has 9 heteroatoms. The molecule has 0 aromatic heterocycles. The van der Waals surface area contributed by atoms with Crippen LogP contribution in [-0.4, -0.2) is 27.2 Å². The van der Waals surface area contributed by atoms with Gasteiger partial charge in [-0.1, -0.05) is 41.9 Å². The number of sulfonamides is 1. The average molecular weight is 505 g/mol. The molecule has 0 aliphatic carbocycles. The molecule has 33 heavy (non-hydrogen) atoms. The van der Waals surface area contributed by atoms with Crippen molar-refractivity contribution in [1.82, 2.24) is 0 Å². The molecule has 0 aliphatic heterocycles. The van der Waals surface area contributed by atoms with Gasteiger partial charge >= 0.3 is 0 Å². The Kier molecular flexibility index (Phi) is 8.02. The van der Waals surface area contributed by atoms with Crippen LogP contribution in [0.5, 0.6) is 5.75 Å². The van der Waals surface area contributed by atoms with Gasteiger partial charge in [-0.25, -0.2) is 8.42 Å². The van der Waals surface area contributed by atoms with E-state index in [0.717, 1.165) is 6.26 Å². The normalized spacial score (nSPS) is 11.0. The first-order valence-electron chi connectivity index (χ1n) is 9.85. The number of anilines is 2. The number of nitrogens with zero attached hydrogens (tertiary/aromatic N) is 1. The third-order valence-corrected chi connectivity index (χ3v) is 6.51. The minimum absolute atomic E-state index is 0.0385. The lowest BCUT2D eigenvalue weighted by Crippen LogP contribution is -2.29. The van der Waals surface area contributed by atoms with Crippen molar-refractivity contribution in [1.29, 1.82) is 0 Å². The Bertz CT molecular complexity index is 1220. The topological polar surface area (TPSA) is 75.7 Å². The Labute approximate surface area is 203 Å². The fourth-order valence-corrected chi connectivity index (χ4v) is 4.38. The zero-order valence-corrected chi connectivity index (χ0v) is 20.1. The van der Waals surface area contributed by atoms with Gasteiger partial charge in [-0.3, -0.25) is 9.10 Å². The van der Waals surface area contributed by atoms with Crippen molar-refractivity contribution in [3.05, 3.63) is 101 Å². The smallest absolute Gasteiger partial charge is 0.255 e. The molecule has 0 atom stereocenters. The van der Waals surface area contributed by atoms with Crippen molar-refractivity contribution < 1.29 is 17.9 Å². The summed E-state index contributed by atoms with van der Waals surface area (Å²) in [5.74, 6) is 0.332. The molecule has 0 radical (unpaired) electrons. The lowest BCUT2D eigenvalue weighted by molar-refractivity contribution is 0.102. The molecule has 6 nitrogen and oxygen atoms in total. The van der Waals surface area contributed by atoms with Crippen molar-refractivity contribution in [3.8, 4) is 5.75 Å². The highest BCUT2D eigenvalue weighted by Crippen LogP contribution is 2.29. The maximum Gasteiger partial charge on any atom is 0.255 e. The summed E-state index contributed by atoms with van der Waals surface area (Å²) < 4.78 is 31.5. The van der Waals surface area contributed by atoms with Crippen LogP contribution in [0.15, 0.2) is 79.4 Å². The molecule has 0 fully saturated rings.